The maximum atomic E-state index is 12.2. The van der Waals surface area contributed by atoms with Crippen LogP contribution in [0.4, 0.5) is 0 Å². The van der Waals surface area contributed by atoms with Gasteiger partial charge in [-0.2, -0.15) is 0 Å². The Morgan fingerprint density at radius 2 is 1.91 bits per heavy atom. The van der Waals surface area contributed by atoms with Gasteiger partial charge in [0.05, 0.1) is 0 Å². The normalized spacial score (nSPS) is 10.6. The second-order valence-electron chi connectivity index (χ2n) is 4.75. The number of phenolic OH excluding ortho intramolecular Hbond substituents is 1. The molecule has 0 atom stereocenters. The van der Waals surface area contributed by atoms with Gasteiger partial charge in [-0.3, -0.25) is 9.59 Å². The number of ether oxygens (including phenoxy) is 1. The average molecular weight is 296 g/mol. The Morgan fingerprint density at radius 3 is 2.68 bits per heavy atom. The summed E-state index contributed by atoms with van der Waals surface area (Å²) in [5.41, 5.74) is 0.550. The number of benzene rings is 2. The molecule has 2 aromatic carbocycles. The van der Waals surface area contributed by atoms with Crippen LogP contribution >= 0.6 is 0 Å². The number of hydrogen-bond acceptors (Lipinski definition) is 5. The van der Waals surface area contributed by atoms with Gasteiger partial charge in [0.25, 0.3) is 0 Å². The molecule has 0 saturated carbocycles. The van der Waals surface area contributed by atoms with Gasteiger partial charge in [0.2, 0.25) is 0 Å². The van der Waals surface area contributed by atoms with Crippen molar-refractivity contribution in [2.24, 2.45) is 0 Å². The minimum Gasteiger partial charge on any atom is -0.507 e. The van der Waals surface area contributed by atoms with Crippen LogP contribution in [0.25, 0.3) is 22.3 Å². The van der Waals surface area contributed by atoms with Crippen LogP contribution < -0.4 is 10.2 Å². The van der Waals surface area contributed by atoms with Crippen molar-refractivity contribution in [3.63, 3.8) is 0 Å². The van der Waals surface area contributed by atoms with Gasteiger partial charge < -0.3 is 14.3 Å². The molecule has 5 heteroatoms. The van der Waals surface area contributed by atoms with Crippen LogP contribution in [0.15, 0.2) is 57.7 Å². The highest BCUT2D eigenvalue weighted by Crippen LogP contribution is 2.28. The minimum absolute atomic E-state index is 0.119. The maximum absolute atomic E-state index is 12.2. The third kappa shape index (κ3) is 2.56. The van der Waals surface area contributed by atoms with Crippen LogP contribution in [0.5, 0.6) is 11.5 Å². The third-order valence-corrected chi connectivity index (χ3v) is 3.11. The van der Waals surface area contributed by atoms with Gasteiger partial charge in [-0.1, -0.05) is 18.2 Å². The Morgan fingerprint density at radius 1 is 1.14 bits per heavy atom. The number of fused-ring (bicyclic) bond motifs is 1. The molecule has 3 rings (SSSR count). The number of aromatic hydroxyl groups is 1. The van der Waals surface area contributed by atoms with E-state index in [1.807, 2.05) is 0 Å². The van der Waals surface area contributed by atoms with Crippen molar-refractivity contribution in [2.45, 2.75) is 6.92 Å². The smallest absolute Gasteiger partial charge is 0.308 e. The second kappa shape index (κ2) is 5.37. The molecular formula is C17H12O5. The van der Waals surface area contributed by atoms with Crippen molar-refractivity contribution in [3.8, 4) is 22.8 Å². The molecule has 1 N–H and O–H groups in total. The summed E-state index contributed by atoms with van der Waals surface area (Å²) < 4.78 is 10.7. The molecule has 0 spiro atoms. The zero-order valence-corrected chi connectivity index (χ0v) is 11.7. The predicted octanol–water partition coefficient (Wildman–Crippen LogP) is 3.09. The lowest BCUT2D eigenvalue weighted by atomic mass is 10.1. The SMILES string of the molecule is CC(=O)Oc1cccc(-c2cc(=O)c3c(O)cccc3o2)c1. The lowest BCUT2D eigenvalue weighted by Crippen LogP contribution is -2.02. The van der Waals surface area contributed by atoms with E-state index in [1.54, 1.807) is 36.4 Å². The van der Waals surface area contributed by atoms with Gasteiger partial charge in [0.1, 0.15) is 28.2 Å². The summed E-state index contributed by atoms with van der Waals surface area (Å²) in [6, 6.07) is 12.6. The highest BCUT2D eigenvalue weighted by atomic mass is 16.5. The van der Waals surface area contributed by atoms with E-state index in [-0.39, 0.29) is 16.6 Å². The monoisotopic (exact) mass is 296 g/mol. The quantitative estimate of drug-likeness (QED) is 0.581. The van der Waals surface area contributed by atoms with Crippen molar-refractivity contribution in [1.82, 2.24) is 0 Å². The average Bonchev–Trinajstić information content (AvgIpc) is 2.46. The van der Waals surface area contributed by atoms with Gasteiger partial charge in [-0.15, -0.1) is 0 Å². The molecule has 3 aromatic rings. The van der Waals surface area contributed by atoms with Crippen LogP contribution in [0.1, 0.15) is 6.92 Å². The molecule has 0 bridgehead atoms. The summed E-state index contributed by atoms with van der Waals surface area (Å²) in [6.07, 6.45) is 0. The van der Waals surface area contributed by atoms with Gasteiger partial charge in [-0.25, -0.2) is 0 Å². The van der Waals surface area contributed by atoms with Gasteiger partial charge in [-0.05, 0) is 24.3 Å². The summed E-state index contributed by atoms with van der Waals surface area (Å²) in [6.45, 7) is 1.31. The van der Waals surface area contributed by atoms with Crippen LogP contribution in [0.3, 0.4) is 0 Å². The fourth-order valence-corrected chi connectivity index (χ4v) is 2.21. The second-order valence-corrected chi connectivity index (χ2v) is 4.75. The Balaban J connectivity index is 2.15. The van der Waals surface area contributed by atoms with Gasteiger partial charge in [0, 0.05) is 18.6 Å². The van der Waals surface area contributed by atoms with Crippen LogP contribution in [-0.4, -0.2) is 11.1 Å². The van der Waals surface area contributed by atoms with Gasteiger partial charge in [0.15, 0.2) is 5.43 Å². The molecule has 110 valence electrons. The van der Waals surface area contributed by atoms with Crippen molar-refractivity contribution in [1.29, 1.82) is 0 Å². The van der Waals surface area contributed by atoms with Crippen LogP contribution in [0, 0.1) is 0 Å². The molecule has 0 fully saturated rings. The molecule has 1 heterocycles. The standard InChI is InChI=1S/C17H12O5/c1-10(18)21-12-5-2-4-11(8-12)16-9-14(20)17-13(19)6-3-7-15(17)22-16/h2-9,19H,1H3. The molecule has 22 heavy (non-hydrogen) atoms. The topological polar surface area (TPSA) is 76.7 Å². The summed E-state index contributed by atoms with van der Waals surface area (Å²) in [4.78, 5) is 23.2. The summed E-state index contributed by atoms with van der Waals surface area (Å²) >= 11 is 0. The molecule has 0 saturated heterocycles. The van der Waals surface area contributed by atoms with E-state index in [2.05, 4.69) is 0 Å². The first-order valence-corrected chi connectivity index (χ1v) is 6.59. The van der Waals surface area contributed by atoms with Crippen molar-refractivity contribution in [3.05, 3.63) is 58.8 Å². The van der Waals surface area contributed by atoms with Crippen LogP contribution in [-0.2, 0) is 4.79 Å². The summed E-state index contributed by atoms with van der Waals surface area (Å²) in [7, 11) is 0. The highest BCUT2D eigenvalue weighted by molar-refractivity contribution is 5.84. The minimum atomic E-state index is -0.429. The van der Waals surface area contributed by atoms with E-state index >= 15 is 0 Å². The Labute approximate surface area is 125 Å². The van der Waals surface area contributed by atoms with Crippen molar-refractivity contribution < 1.29 is 19.1 Å². The van der Waals surface area contributed by atoms with E-state index in [4.69, 9.17) is 9.15 Å². The molecule has 0 amide bonds. The molecular weight excluding hydrogens is 284 g/mol. The van der Waals surface area contributed by atoms with E-state index in [0.29, 0.717) is 22.7 Å². The molecule has 0 aliphatic carbocycles. The van der Waals surface area contributed by atoms with Crippen LogP contribution in [0.2, 0.25) is 0 Å². The first-order valence-electron chi connectivity index (χ1n) is 6.59. The number of hydrogen-bond donors (Lipinski definition) is 1. The van der Waals surface area contributed by atoms with Crippen molar-refractivity contribution >= 4 is 16.9 Å². The molecule has 1 aromatic heterocycles. The number of rotatable bonds is 2. The predicted molar refractivity (Wildman–Crippen MR) is 80.9 cm³/mol. The fraction of sp³-hybridized carbons (Fsp3) is 0.0588. The van der Waals surface area contributed by atoms with E-state index < -0.39 is 5.97 Å². The number of phenols is 1. The first-order chi connectivity index (χ1) is 10.5. The Hall–Kier alpha value is -3.08. The van der Waals surface area contributed by atoms with E-state index in [0.717, 1.165) is 0 Å². The largest absolute Gasteiger partial charge is 0.507 e. The highest BCUT2D eigenvalue weighted by Gasteiger charge is 2.11. The van der Waals surface area contributed by atoms with E-state index in [9.17, 15) is 14.7 Å². The molecule has 0 radical (unpaired) electrons. The lowest BCUT2D eigenvalue weighted by Gasteiger charge is -2.06. The fourth-order valence-electron chi connectivity index (χ4n) is 2.21. The lowest BCUT2D eigenvalue weighted by molar-refractivity contribution is -0.131. The van der Waals surface area contributed by atoms with Crippen molar-refractivity contribution in [2.75, 3.05) is 0 Å². The summed E-state index contributed by atoms with van der Waals surface area (Å²) in [5, 5.41) is 9.88. The zero-order valence-electron chi connectivity index (χ0n) is 11.7. The van der Waals surface area contributed by atoms with Gasteiger partial charge >= 0.3 is 5.97 Å². The Bertz CT molecular complexity index is 924. The molecule has 0 aliphatic rings. The van der Waals surface area contributed by atoms with E-state index in [1.165, 1.54) is 19.1 Å². The molecule has 0 aliphatic heterocycles. The summed E-state index contributed by atoms with van der Waals surface area (Å²) in [5.74, 6) is 0.147. The number of esters is 1. The first kappa shape index (κ1) is 13.9. The number of carbonyl (C=O) groups excluding carboxylic acids is 1. The Kier molecular flexibility index (Phi) is 3.39. The molecule has 5 nitrogen and oxygen atoms in total. The molecule has 0 unspecified atom stereocenters. The zero-order chi connectivity index (χ0) is 15.7. The number of carbonyl (C=O) groups is 1. The third-order valence-electron chi connectivity index (χ3n) is 3.11. The maximum Gasteiger partial charge on any atom is 0.308 e.